The SMILES string of the molecule is CC(C)c1ccccc1N1CCN(Cc2nc(CS(C)(=O)=O)no2)CC1. The van der Waals surface area contributed by atoms with E-state index in [0.29, 0.717) is 18.4 Å². The maximum Gasteiger partial charge on any atom is 0.240 e. The van der Waals surface area contributed by atoms with E-state index in [0.717, 1.165) is 32.4 Å². The summed E-state index contributed by atoms with van der Waals surface area (Å²) in [5, 5.41) is 3.76. The van der Waals surface area contributed by atoms with Crippen molar-refractivity contribution >= 4 is 15.5 Å². The van der Waals surface area contributed by atoms with Crippen molar-refractivity contribution in [1.29, 1.82) is 0 Å². The number of benzene rings is 1. The third kappa shape index (κ3) is 4.82. The Morgan fingerprint density at radius 1 is 1.15 bits per heavy atom. The monoisotopic (exact) mass is 378 g/mol. The number of piperazine rings is 1. The van der Waals surface area contributed by atoms with E-state index < -0.39 is 9.84 Å². The number of hydrogen-bond acceptors (Lipinski definition) is 7. The van der Waals surface area contributed by atoms with Gasteiger partial charge in [0, 0.05) is 38.1 Å². The Morgan fingerprint density at radius 3 is 2.50 bits per heavy atom. The van der Waals surface area contributed by atoms with Gasteiger partial charge >= 0.3 is 0 Å². The second kappa shape index (κ2) is 7.75. The summed E-state index contributed by atoms with van der Waals surface area (Å²) >= 11 is 0. The summed E-state index contributed by atoms with van der Waals surface area (Å²) in [7, 11) is -3.15. The molecule has 1 aliphatic heterocycles. The molecule has 3 rings (SSSR count). The average Bonchev–Trinajstić information content (AvgIpc) is 3.00. The number of nitrogens with zero attached hydrogens (tertiary/aromatic N) is 4. The molecule has 0 aliphatic carbocycles. The van der Waals surface area contributed by atoms with Crippen LogP contribution < -0.4 is 4.90 Å². The molecule has 1 aromatic carbocycles. The molecule has 0 atom stereocenters. The van der Waals surface area contributed by atoms with Crippen LogP contribution in [0.15, 0.2) is 28.8 Å². The zero-order valence-electron chi connectivity index (χ0n) is 15.6. The first-order valence-electron chi connectivity index (χ1n) is 8.87. The molecule has 26 heavy (non-hydrogen) atoms. The van der Waals surface area contributed by atoms with Gasteiger partial charge in [0.15, 0.2) is 15.7 Å². The van der Waals surface area contributed by atoms with Crippen LogP contribution in [0.5, 0.6) is 0 Å². The standard InChI is InChI=1S/C18H26N4O3S/c1-14(2)15-6-4-5-7-16(15)22-10-8-21(9-11-22)12-18-19-17(20-25-18)13-26(3,23)24/h4-7,14H,8-13H2,1-3H3. The number of hydrogen-bond donors (Lipinski definition) is 0. The molecule has 0 spiro atoms. The summed E-state index contributed by atoms with van der Waals surface area (Å²) in [6.07, 6.45) is 1.16. The van der Waals surface area contributed by atoms with Gasteiger partial charge in [-0.3, -0.25) is 4.90 Å². The minimum absolute atomic E-state index is 0.184. The van der Waals surface area contributed by atoms with Crippen molar-refractivity contribution < 1.29 is 12.9 Å². The fraction of sp³-hybridized carbons (Fsp3) is 0.556. The van der Waals surface area contributed by atoms with Crippen LogP contribution in [0.4, 0.5) is 5.69 Å². The summed E-state index contributed by atoms with van der Waals surface area (Å²) in [6.45, 7) is 8.67. The lowest BCUT2D eigenvalue weighted by Crippen LogP contribution is -2.46. The number of para-hydroxylation sites is 1. The van der Waals surface area contributed by atoms with E-state index in [-0.39, 0.29) is 11.6 Å². The molecule has 0 saturated carbocycles. The summed E-state index contributed by atoms with van der Waals surface area (Å²) in [4.78, 5) is 8.87. The first-order chi connectivity index (χ1) is 12.3. The highest BCUT2D eigenvalue weighted by Crippen LogP contribution is 2.28. The molecule has 7 nitrogen and oxygen atoms in total. The Hall–Kier alpha value is -1.93. The molecule has 1 aliphatic rings. The minimum atomic E-state index is -3.15. The second-order valence-electron chi connectivity index (χ2n) is 7.15. The number of aromatic nitrogens is 2. The maximum atomic E-state index is 11.3. The van der Waals surface area contributed by atoms with Gasteiger partial charge in [-0.15, -0.1) is 0 Å². The van der Waals surface area contributed by atoms with E-state index in [4.69, 9.17) is 4.52 Å². The van der Waals surface area contributed by atoms with Gasteiger partial charge in [-0.05, 0) is 17.5 Å². The van der Waals surface area contributed by atoms with Gasteiger partial charge in [0.05, 0.1) is 6.54 Å². The topological polar surface area (TPSA) is 79.5 Å². The summed E-state index contributed by atoms with van der Waals surface area (Å²) < 4.78 is 27.8. The highest BCUT2D eigenvalue weighted by atomic mass is 32.2. The molecule has 1 saturated heterocycles. The van der Waals surface area contributed by atoms with Gasteiger partial charge in [-0.1, -0.05) is 37.2 Å². The largest absolute Gasteiger partial charge is 0.369 e. The Kier molecular flexibility index (Phi) is 5.62. The van der Waals surface area contributed by atoms with Crippen molar-refractivity contribution in [2.24, 2.45) is 0 Å². The average molecular weight is 378 g/mol. The lowest BCUT2D eigenvalue weighted by Gasteiger charge is -2.36. The van der Waals surface area contributed by atoms with Gasteiger partial charge < -0.3 is 9.42 Å². The molecule has 8 heteroatoms. The van der Waals surface area contributed by atoms with Crippen LogP contribution in [0.25, 0.3) is 0 Å². The van der Waals surface area contributed by atoms with E-state index in [1.54, 1.807) is 0 Å². The molecule has 0 amide bonds. The smallest absolute Gasteiger partial charge is 0.240 e. The normalized spacial score (nSPS) is 16.4. The predicted octanol–water partition coefficient (Wildman–Crippen LogP) is 2.06. The Balaban J connectivity index is 1.58. The molecule has 1 fully saturated rings. The first-order valence-corrected chi connectivity index (χ1v) is 10.9. The molecule has 2 heterocycles. The predicted molar refractivity (Wildman–Crippen MR) is 101 cm³/mol. The van der Waals surface area contributed by atoms with E-state index in [2.05, 4.69) is 58.1 Å². The summed E-state index contributed by atoms with van der Waals surface area (Å²) in [6, 6.07) is 8.59. The quantitative estimate of drug-likeness (QED) is 0.761. The van der Waals surface area contributed by atoms with Crippen LogP contribution >= 0.6 is 0 Å². The zero-order valence-corrected chi connectivity index (χ0v) is 16.4. The van der Waals surface area contributed by atoms with Crippen LogP contribution in [0.2, 0.25) is 0 Å². The van der Waals surface area contributed by atoms with Crippen molar-refractivity contribution in [3.8, 4) is 0 Å². The lowest BCUT2D eigenvalue weighted by atomic mass is 10.00. The highest BCUT2D eigenvalue weighted by Gasteiger charge is 2.22. The van der Waals surface area contributed by atoms with E-state index >= 15 is 0 Å². The third-order valence-electron chi connectivity index (χ3n) is 4.53. The van der Waals surface area contributed by atoms with E-state index in [9.17, 15) is 8.42 Å². The molecule has 0 unspecified atom stereocenters. The number of sulfone groups is 1. The first kappa shape index (κ1) is 18.8. The van der Waals surface area contributed by atoms with Crippen molar-refractivity contribution in [2.45, 2.75) is 32.1 Å². The fourth-order valence-corrected chi connectivity index (χ4v) is 3.84. The maximum absolute atomic E-state index is 11.3. The minimum Gasteiger partial charge on any atom is -0.369 e. The van der Waals surface area contributed by atoms with E-state index in [1.807, 2.05) is 0 Å². The molecular weight excluding hydrogens is 352 g/mol. The van der Waals surface area contributed by atoms with Crippen molar-refractivity contribution in [1.82, 2.24) is 15.0 Å². The molecule has 0 bridgehead atoms. The van der Waals surface area contributed by atoms with Crippen molar-refractivity contribution in [3.05, 3.63) is 41.5 Å². The molecule has 2 aromatic rings. The zero-order chi connectivity index (χ0) is 18.7. The van der Waals surface area contributed by atoms with Gasteiger partial charge in [0.1, 0.15) is 5.75 Å². The molecule has 142 valence electrons. The van der Waals surface area contributed by atoms with Crippen molar-refractivity contribution in [2.75, 3.05) is 37.3 Å². The molecule has 0 radical (unpaired) electrons. The molecule has 0 N–H and O–H groups in total. The molecular formula is C18H26N4O3S. The van der Waals surface area contributed by atoms with Gasteiger partial charge in [-0.25, -0.2) is 8.42 Å². The van der Waals surface area contributed by atoms with Crippen LogP contribution in [-0.2, 0) is 22.1 Å². The van der Waals surface area contributed by atoms with Gasteiger partial charge in [-0.2, -0.15) is 4.98 Å². The third-order valence-corrected chi connectivity index (χ3v) is 5.31. The Morgan fingerprint density at radius 2 is 1.85 bits per heavy atom. The van der Waals surface area contributed by atoms with Crippen LogP contribution in [0.3, 0.4) is 0 Å². The van der Waals surface area contributed by atoms with Gasteiger partial charge in [0.25, 0.3) is 0 Å². The summed E-state index contributed by atoms with van der Waals surface area (Å²) in [5.74, 6) is 1.01. The second-order valence-corrected chi connectivity index (χ2v) is 9.29. The van der Waals surface area contributed by atoms with Crippen LogP contribution in [0.1, 0.15) is 37.0 Å². The summed E-state index contributed by atoms with van der Waals surface area (Å²) in [5.41, 5.74) is 2.69. The Labute approximate surface area is 154 Å². The number of rotatable bonds is 6. The van der Waals surface area contributed by atoms with Gasteiger partial charge in [0.2, 0.25) is 5.89 Å². The van der Waals surface area contributed by atoms with Crippen LogP contribution in [0, 0.1) is 0 Å². The highest BCUT2D eigenvalue weighted by molar-refractivity contribution is 7.89. The number of anilines is 1. The van der Waals surface area contributed by atoms with Crippen molar-refractivity contribution in [3.63, 3.8) is 0 Å². The fourth-order valence-electron chi connectivity index (χ4n) is 3.25. The van der Waals surface area contributed by atoms with E-state index in [1.165, 1.54) is 11.3 Å². The Bertz CT molecular complexity index is 840. The van der Waals surface area contributed by atoms with Crippen LogP contribution in [-0.4, -0.2) is 55.9 Å². The molecule has 1 aromatic heterocycles. The lowest BCUT2D eigenvalue weighted by molar-refractivity contribution is 0.215.